The monoisotopic (exact) mass is 282 g/mol. The summed E-state index contributed by atoms with van der Waals surface area (Å²) in [7, 11) is 0. The average Bonchev–Trinajstić information content (AvgIpc) is 3.30. The van der Waals surface area contributed by atoms with Crippen molar-refractivity contribution >= 4 is 12.2 Å². The van der Waals surface area contributed by atoms with Crippen LogP contribution in [0.25, 0.3) is 12.2 Å². The average molecular weight is 282 g/mol. The molecule has 1 aliphatic rings. The number of hydrogen-bond donors (Lipinski definition) is 0. The molecule has 1 fully saturated rings. The highest BCUT2D eigenvalue weighted by Gasteiger charge is 2.56. The third-order valence-electron chi connectivity index (χ3n) is 2.76. The third kappa shape index (κ3) is 3.95. The molecule has 1 saturated heterocycles. The van der Waals surface area contributed by atoms with Crippen molar-refractivity contribution in [3.8, 4) is 0 Å². The van der Waals surface area contributed by atoms with Crippen LogP contribution in [0.2, 0.25) is 0 Å². The van der Waals surface area contributed by atoms with Gasteiger partial charge in [0.2, 0.25) is 0 Å². The molecule has 0 spiro atoms. The van der Waals surface area contributed by atoms with E-state index in [1.165, 1.54) is 12.5 Å². The van der Waals surface area contributed by atoms with Crippen molar-refractivity contribution in [1.82, 2.24) is 0 Å². The molecular formula is C17H14O4. The van der Waals surface area contributed by atoms with Gasteiger partial charge in [0.1, 0.15) is 0 Å². The molecule has 21 heavy (non-hydrogen) atoms. The molecule has 2 aromatic rings. The number of rotatable bonds is 6. The van der Waals surface area contributed by atoms with Gasteiger partial charge < -0.3 is 9.47 Å². The van der Waals surface area contributed by atoms with Gasteiger partial charge in [0.15, 0.2) is 0 Å². The van der Waals surface area contributed by atoms with Crippen molar-refractivity contribution in [2.75, 3.05) is 0 Å². The van der Waals surface area contributed by atoms with Crippen molar-refractivity contribution in [2.45, 2.75) is 6.16 Å². The Hall–Kier alpha value is -2.56. The Balaban J connectivity index is 1.51. The first-order chi connectivity index (χ1) is 10.4. The lowest BCUT2D eigenvalue weighted by atomic mass is 10.2. The molecule has 2 aromatic carbocycles. The Morgan fingerprint density at radius 2 is 1.10 bits per heavy atom. The Bertz CT molecular complexity index is 562. The molecule has 106 valence electrons. The maximum atomic E-state index is 5.28. The number of benzene rings is 2. The quantitative estimate of drug-likeness (QED) is 0.348. The fourth-order valence-corrected chi connectivity index (χ4v) is 1.66. The minimum absolute atomic E-state index is 1.01. The minimum Gasteiger partial charge on any atom is -0.411 e. The van der Waals surface area contributed by atoms with E-state index in [-0.39, 0.29) is 0 Å². The van der Waals surface area contributed by atoms with E-state index in [2.05, 4.69) is 0 Å². The molecule has 0 bridgehead atoms. The third-order valence-corrected chi connectivity index (χ3v) is 2.76. The summed E-state index contributed by atoms with van der Waals surface area (Å²) in [6.45, 7) is 0. The van der Waals surface area contributed by atoms with Crippen LogP contribution in [0.15, 0.2) is 73.2 Å². The summed E-state index contributed by atoms with van der Waals surface area (Å²) in [5, 5.41) is 0. The van der Waals surface area contributed by atoms with Crippen LogP contribution in [0.3, 0.4) is 0 Å². The van der Waals surface area contributed by atoms with E-state index in [1.807, 2.05) is 60.7 Å². The first-order valence-corrected chi connectivity index (χ1v) is 6.52. The topological polar surface area (TPSA) is 43.5 Å². The van der Waals surface area contributed by atoms with E-state index in [9.17, 15) is 0 Å². The van der Waals surface area contributed by atoms with Crippen LogP contribution in [0.5, 0.6) is 0 Å². The maximum absolute atomic E-state index is 5.28. The molecule has 0 aliphatic carbocycles. The van der Waals surface area contributed by atoms with Crippen LogP contribution in [0.4, 0.5) is 0 Å². The maximum Gasteiger partial charge on any atom is 0.563 e. The van der Waals surface area contributed by atoms with E-state index < -0.39 is 6.16 Å². The second-order valence-electron chi connectivity index (χ2n) is 4.33. The van der Waals surface area contributed by atoms with Gasteiger partial charge in [-0.05, 0) is 23.3 Å². The normalized spacial score (nSPS) is 16.2. The Labute approximate surface area is 122 Å². The van der Waals surface area contributed by atoms with Crippen LogP contribution in [0, 0.1) is 0 Å². The van der Waals surface area contributed by atoms with E-state index in [0.717, 1.165) is 11.1 Å². The molecule has 0 aromatic heterocycles. The van der Waals surface area contributed by atoms with Gasteiger partial charge >= 0.3 is 6.16 Å². The second-order valence-corrected chi connectivity index (χ2v) is 4.33. The first kappa shape index (κ1) is 13.4. The van der Waals surface area contributed by atoms with E-state index >= 15 is 0 Å². The number of ether oxygens (including phenoxy) is 2. The highest BCUT2D eigenvalue weighted by molar-refractivity contribution is 5.48. The minimum atomic E-state index is -1.46. The van der Waals surface area contributed by atoms with Crippen LogP contribution < -0.4 is 0 Å². The summed E-state index contributed by atoms with van der Waals surface area (Å²) >= 11 is 0. The predicted octanol–water partition coefficient (Wildman–Crippen LogP) is 3.93. The smallest absolute Gasteiger partial charge is 0.411 e. The summed E-state index contributed by atoms with van der Waals surface area (Å²) in [5.74, 6) is 0. The molecule has 4 heteroatoms. The van der Waals surface area contributed by atoms with Crippen molar-refractivity contribution in [3.63, 3.8) is 0 Å². The lowest BCUT2D eigenvalue weighted by Gasteiger charge is -2.04. The Morgan fingerprint density at radius 3 is 1.48 bits per heavy atom. The van der Waals surface area contributed by atoms with Gasteiger partial charge in [-0.1, -0.05) is 60.7 Å². The fraction of sp³-hybridized carbons (Fsp3) is 0.0588. The lowest BCUT2D eigenvalue weighted by molar-refractivity contribution is -0.179. The van der Waals surface area contributed by atoms with Gasteiger partial charge in [-0.3, -0.25) is 0 Å². The lowest BCUT2D eigenvalue weighted by Crippen LogP contribution is -2.13. The second kappa shape index (κ2) is 6.26. The fourth-order valence-electron chi connectivity index (χ4n) is 1.66. The summed E-state index contributed by atoms with van der Waals surface area (Å²) in [6, 6.07) is 19.5. The van der Waals surface area contributed by atoms with Crippen LogP contribution in [-0.4, -0.2) is 6.16 Å². The van der Waals surface area contributed by atoms with Gasteiger partial charge in [-0.25, -0.2) is 0 Å². The highest BCUT2D eigenvalue weighted by atomic mass is 17.5. The molecule has 4 nitrogen and oxygen atoms in total. The van der Waals surface area contributed by atoms with Gasteiger partial charge in [0.25, 0.3) is 0 Å². The summed E-state index contributed by atoms with van der Waals surface area (Å²) < 4.78 is 10.6. The van der Waals surface area contributed by atoms with Crippen molar-refractivity contribution in [2.24, 2.45) is 0 Å². The van der Waals surface area contributed by atoms with Crippen molar-refractivity contribution in [1.29, 1.82) is 0 Å². The first-order valence-electron chi connectivity index (χ1n) is 6.52. The largest absolute Gasteiger partial charge is 0.563 e. The van der Waals surface area contributed by atoms with Gasteiger partial charge in [-0.15, -0.1) is 9.78 Å². The molecule has 0 N–H and O–H groups in total. The molecule has 1 heterocycles. The molecule has 0 radical (unpaired) electrons. The van der Waals surface area contributed by atoms with Crippen LogP contribution in [-0.2, 0) is 19.2 Å². The summed E-state index contributed by atoms with van der Waals surface area (Å²) in [4.78, 5) is 9.45. The van der Waals surface area contributed by atoms with Gasteiger partial charge in [0, 0.05) is 0 Å². The zero-order valence-electron chi connectivity index (χ0n) is 11.2. The SMILES string of the molecule is C(=Cc1ccccc1)OC1(OC=Cc2ccccc2)OO1. The Kier molecular flexibility index (Phi) is 4.00. The van der Waals surface area contributed by atoms with Crippen molar-refractivity contribution < 1.29 is 19.2 Å². The number of hydrogen-bond acceptors (Lipinski definition) is 4. The molecule has 3 rings (SSSR count). The molecular weight excluding hydrogens is 268 g/mol. The Morgan fingerprint density at radius 1 is 0.667 bits per heavy atom. The molecule has 0 amide bonds. The standard InChI is InChI=1S/C17H14O4/c1-3-7-15(8-4-1)11-13-18-17(20-21-17)19-14-12-16-9-5-2-6-10-16/h1-14H. The van der Waals surface area contributed by atoms with Crippen molar-refractivity contribution in [3.05, 3.63) is 84.3 Å². The van der Waals surface area contributed by atoms with Crippen LogP contribution in [0.1, 0.15) is 11.1 Å². The molecule has 0 atom stereocenters. The predicted molar refractivity (Wildman–Crippen MR) is 78.0 cm³/mol. The molecule has 1 aliphatic heterocycles. The molecule has 0 unspecified atom stereocenters. The van der Waals surface area contributed by atoms with E-state index in [4.69, 9.17) is 19.2 Å². The van der Waals surface area contributed by atoms with Crippen LogP contribution >= 0.6 is 0 Å². The van der Waals surface area contributed by atoms with Gasteiger partial charge in [-0.2, -0.15) is 0 Å². The van der Waals surface area contributed by atoms with E-state index in [0.29, 0.717) is 0 Å². The molecule has 0 saturated carbocycles. The highest BCUT2D eigenvalue weighted by Crippen LogP contribution is 2.33. The van der Waals surface area contributed by atoms with Gasteiger partial charge in [0.05, 0.1) is 12.5 Å². The summed E-state index contributed by atoms with van der Waals surface area (Å²) in [6.07, 6.45) is 5.06. The zero-order chi connectivity index (χ0) is 14.4. The zero-order valence-corrected chi connectivity index (χ0v) is 11.2. The summed E-state index contributed by atoms with van der Waals surface area (Å²) in [5.41, 5.74) is 2.02. The van der Waals surface area contributed by atoms with E-state index in [1.54, 1.807) is 12.2 Å².